The molecule has 0 bridgehead atoms. The Morgan fingerprint density at radius 3 is 1.77 bits per heavy atom. The number of rotatable bonds is 10. The third-order valence-electron chi connectivity index (χ3n) is 4.65. The Morgan fingerprint density at radius 2 is 1.26 bits per heavy atom. The van der Waals surface area contributed by atoms with Crippen LogP contribution in [-0.4, -0.2) is 25.7 Å². The van der Waals surface area contributed by atoms with Gasteiger partial charge in [0.25, 0.3) is 5.91 Å². The molecule has 1 amide bonds. The van der Waals surface area contributed by atoms with Gasteiger partial charge < -0.3 is 19.1 Å². The topological polar surface area (TPSA) is 48.0 Å². The fraction of sp³-hybridized carbons (Fsp3) is 0.269. The van der Waals surface area contributed by atoms with Crippen molar-refractivity contribution >= 4 is 11.6 Å². The predicted molar refractivity (Wildman–Crippen MR) is 123 cm³/mol. The van der Waals surface area contributed by atoms with Crippen molar-refractivity contribution in [2.45, 2.75) is 27.3 Å². The molecule has 0 unspecified atom stereocenters. The average molecular weight is 420 g/mol. The maximum Gasteiger partial charge on any atom is 0.258 e. The second-order valence-corrected chi connectivity index (χ2v) is 6.81. The van der Waals surface area contributed by atoms with Crippen molar-refractivity contribution in [3.05, 3.63) is 83.9 Å². The van der Waals surface area contributed by atoms with Crippen molar-refractivity contribution in [1.82, 2.24) is 0 Å². The van der Waals surface area contributed by atoms with E-state index in [-0.39, 0.29) is 5.91 Å². The number of nitrogens with zero attached hydrogens (tertiary/aromatic N) is 1. The van der Waals surface area contributed by atoms with Gasteiger partial charge in [0.05, 0.1) is 26.4 Å². The Labute approximate surface area is 184 Å². The lowest BCUT2D eigenvalue weighted by molar-refractivity contribution is 0.0984. The van der Waals surface area contributed by atoms with Crippen LogP contribution in [0, 0.1) is 0 Å². The number of hydrogen-bond acceptors (Lipinski definition) is 4. The zero-order valence-electron chi connectivity index (χ0n) is 18.3. The van der Waals surface area contributed by atoms with Gasteiger partial charge in [0.15, 0.2) is 11.5 Å². The van der Waals surface area contributed by atoms with Gasteiger partial charge in [-0.25, -0.2) is 0 Å². The molecule has 162 valence electrons. The van der Waals surface area contributed by atoms with Gasteiger partial charge in [-0.3, -0.25) is 4.79 Å². The Bertz CT molecular complexity index is 946. The normalized spacial score (nSPS) is 10.4. The van der Waals surface area contributed by atoms with Crippen molar-refractivity contribution in [2.75, 3.05) is 24.7 Å². The minimum Gasteiger partial charge on any atom is -0.490 e. The summed E-state index contributed by atoms with van der Waals surface area (Å²) < 4.78 is 17.4. The van der Waals surface area contributed by atoms with Crippen LogP contribution >= 0.6 is 0 Å². The summed E-state index contributed by atoms with van der Waals surface area (Å²) in [6, 6.07) is 23.1. The molecule has 5 nitrogen and oxygen atoms in total. The SMILES string of the molecule is CCOc1cc(C(=O)N(Cc2ccccc2)c2ccccc2)cc(OCC)c1OCC. The summed E-state index contributed by atoms with van der Waals surface area (Å²) in [6.07, 6.45) is 0. The van der Waals surface area contributed by atoms with E-state index in [2.05, 4.69) is 0 Å². The number of amides is 1. The first kappa shape index (κ1) is 22.2. The van der Waals surface area contributed by atoms with Gasteiger partial charge in [-0.2, -0.15) is 0 Å². The molecule has 3 aromatic rings. The quantitative estimate of drug-likeness (QED) is 0.421. The highest BCUT2D eigenvalue weighted by atomic mass is 16.5. The van der Waals surface area contributed by atoms with Crippen molar-refractivity contribution < 1.29 is 19.0 Å². The van der Waals surface area contributed by atoms with Gasteiger partial charge in [-0.05, 0) is 50.6 Å². The number of anilines is 1. The molecule has 3 aromatic carbocycles. The summed E-state index contributed by atoms with van der Waals surface area (Å²) in [7, 11) is 0. The van der Waals surface area contributed by atoms with Crippen LogP contribution in [0.4, 0.5) is 5.69 Å². The number of benzene rings is 3. The van der Waals surface area contributed by atoms with Crippen LogP contribution < -0.4 is 19.1 Å². The molecule has 31 heavy (non-hydrogen) atoms. The lowest BCUT2D eigenvalue weighted by Crippen LogP contribution is -2.30. The lowest BCUT2D eigenvalue weighted by Gasteiger charge is -2.24. The molecule has 0 atom stereocenters. The molecule has 0 saturated heterocycles. The molecule has 0 fully saturated rings. The fourth-order valence-corrected chi connectivity index (χ4v) is 3.32. The minimum absolute atomic E-state index is 0.139. The molecular formula is C26H29NO4. The van der Waals surface area contributed by atoms with E-state index in [0.717, 1.165) is 11.3 Å². The maximum absolute atomic E-state index is 13.7. The highest BCUT2D eigenvalue weighted by Crippen LogP contribution is 2.39. The number of para-hydroxylation sites is 1. The molecule has 5 heteroatoms. The standard InChI is InChI=1S/C26H29NO4/c1-4-29-23-17-21(18-24(30-5-2)25(23)31-6-3)26(28)27(22-15-11-8-12-16-22)19-20-13-9-7-10-14-20/h7-18H,4-6,19H2,1-3H3. The van der Waals surface area contributed by atoms with Gasteiger partial charge in [0.2, 0.25) is 5.75 Å². The van der Waals surface area contributed by atoms with Crippen LogP contribution in [0.3, 0.4) is 0 Å². The molecule has 0 aromatic heterocycles. The summed E-state index contributed by atoms with van der Waals surface area (Å²) in [5.41, 5.74) is 2.34. The van der Waals surface area contributed by atoms with E-state index in [1.807, 2.05) is 81.4 Å². The Kier molecular flexibility index (Phi) is 7.93. The molecule has 3 rings (SSSR count). The second-order valence-electron chi connectivity index (χ2n) is 6.81. The molecule has 0 heterocycles. The van der Waals surface area contributed by atoms with Crippen LogP contribution in [0.25, 0.3) is 0 Å². The van der Waals surface area contributed by atoms with Gasteiger partial charge in [0, 0.05) is 11.3 Å². The lowest BCUT2D eigenvalue weighted by atomic mass is 10.1. The first-order valence-corrected chi connectivity index (χ1v) is 10.6. The van der Waals surface area contributed by atoms with E-state index < -0.39 is 0 Å². The maximum atomic E-state index is 13.7. The van der Waals surface area contributed by atoms with Crippen LogP contribution in [-0.2, 0) is 6.54 Å². The van der Waals surface area contributed by atoms with Gasteiger partial charge >= 0.3 is 0 Å². The van der Waals surface area contributed by atoms with Crippen molar-refractivity contribution in [3.63, 3.8) is 0 Å². The van der Waals surface area contributed by atoms with Crippen LogP contribution in [0.5, 0.6) is 17.2 Å². The summed E-state index contributed by atoms with van der Waals surface area (Å²) in [5, 5.41) is 0. The van der Waals surface area contributed by atoms with E-state index in [1.165, 1.54) is 0 Å². The number of hydrogen-bond donors (Lipinski definition) is 0. The minimum atomic E-state index is -0.139. The van der Waals surface area contributed by atoms with Crippen molar-refractivity contribution in [1.29, 1.82) is 0 Å². The van der Waals surface area contributed by atoms with E-state index in [9.17, 15) is 4.79 Å². The highest BCUT2D eigenvalue weighted by molar-refractivity contribution is 6.06. The Balaban J connectivity index is 2.05. The third kappa shape index (κ3) is 5.57. The molecule has 0 radical (unpaired) electrons. The van der Waals surface area contributed by atoms with E-state index in [4.69, 9.17) is 14.2 Å². The zero-order chi connectivity index (χ0) is 22.1. The van der Waals surface area contributed by atoms with Crippen molar-refractivity contribution in [3.8, 4) is 17.2 Å². The first-order chi connectivity index (χ1) is 15.2. The molecule has 0 aliphatic rings. The molecule has 0 spiro atoms. The largest absolute Gasteiger partial charge is 0.490 e. The smallest absolute Gasteiger partial charge is 0.258 e. The van der Waals surface area contributed by atoms with Gasteiger partial charge in [0.1, 0.15) is 0 Å². The van der Waals surface area contributed by atoms with Crippen LogP contribution in [0.2, 0.25) is 0 Å². The van der Waals surface area contributed by atoms with E-state index in [0.29, 0.717) is 49.2 Å². The summed E-state index contributed by atoms with van der Waals surface area (Å²) in [5.74, 6) is 1.40. The molecule has 0 aliphatic carbocycles. The summed E-state index contributed by atoms with van der Waals surface area (Å²) in [6.45, 7) is 7.53. The Hall–Kier alpha value is -3.47. The van der Waals surface area contributed by atoms with Crippen LogP contribution in [0.15, 0.2) is 72.8 Å². The molecule has 0 aliphatic heterocycles. The number of carbonyl (C=O) groups excluding carboxylic acids is 1. The monoisotopic (exact) mass is 419 g/mol. The first-order valence-electron chi connectivity index (χ1n) is 10.6. The van der Waals surface area contributed by atoms with Crippen molar-refractivity contribution in [2.24, 2.45) is 0 Å². The average Bonchev–Trinajstić information content (AvgIpc) is 2.80. The highest BCUT2D eigenvalue weighted by Gasteiger charge is 2.23. The number of ether oxygens (including phenoxy) is 3. The molecular weight excluding hydrogens is 390 g/mol. The van der Waals surface area contributed by atoms with Gasteiger partial charge in [-0.15, -0.1) is 0 Å². The number of carbonyl (C=O) groups is 1. The fourth-order valence-electron chi connectivity index (χ4n) is 3.32. The second kappa shape index (κ2) is 11.1. The molecule has 0 N–H and O–H groups in total. The van der Waals surface area contributed by atoms with E-state index >= 15 is 0 Å². The third-order valence-corrected chi connectivity index (χ3v) is 4.65. The van der Waals surface area contributed by atoms with Crippen LogP contribution in [0.1, 0.15) is 36.7 Å². The predicted octanol–water partition coefficient (Wildman–Crippen LogP) is 5.73. The van der Waals surface area contributed by atoms with Gasteiger partial charge in [-0.1, -0.05) is 48.5 Å². The summed E-state index contributed by atoms with van der Waals surface area (Å²) in [4.78, 5) is 15.5. The summed E-state index contributed by atoms with van der Waals surface area (Å²) >= 11 is 0. The Morgan fingerprint density at radius 1 is 0.742 bits per heavy atom. The van der Waals surface area contributed by atoms with E-state index in [1.54, 1.807) is 17.0 Å². The zero-order valence-corrected chi connectivity index (χ0v) is 18.3. The molecule has 0 saturated carbocycles.